The van der Waals surface area contributed by atoms with Gasteiger partial charge in [-0.1, -0.05) is 18.2 Å². The zero-order chi connectivity index (χ0) is 9.26. The van der Waals surface area contributed by atoms with Crippen LogP contribution >= 0.6 is 21.0 Å². The average Bonchev–Trinajstić information content (AvgIpc) is 2.44. The van der Waals surface area contributed by atoms with Gasteiger partial charge >= 0.3 is 0 Å². The van der Waals surface area contributed by atoms with Crippen LogP contribution in [0.25, 0.3) is 10.9 Å². The lowest BCUT2D eigenvalue weighted by Crippen LogP contribution is -1.88. The smallest absolute Gasteiger partial charge is 0.126 e. The minimum atomic E-state index is -0.237. The highest BCUT2D eigenvalue weighted by Gasteiger charge is 2.05. The van der Waals surface area contributed by atoms with Crippen LogP contribution in [0.15, 0.2) is 24.3 Å². The highest BCUT2D eigenvalue weighted by Crippen LogP contribution is 2.30. The van der Waals surface area contributed by atoms with Gasteiger partial charge in [-0.05, 0) is 31.6 Å². The van der Waals surface area contributed by atoms with Crippen LogP contribution in [0, 0.1) is 0 Å². The van der Waals surface area contributed by atoms with Crippen molar-refractivity contribution in [1.82, 2.24) is 4.98 Å². The molecular weight excluding hydrogens is 277 g/mol. The number of fused-ring (bicyclic) bond motifs is 1. The maximum Gasteiger partial charge on any atom is 0.126 e. The van der Waals surface area contributed by atoms with E-state index in [2.05, 4.69) is 13.0 Å². The molecule has 2 aromatic rings. The summed E-state index contributed by atoms with van der Waals surface area (Å²) in [6.45, 7) is 0. The molecule has 68 valence electrons. The van der Waals surface area contributed by atoms with Gasteiger partial charge < -0.3 is 14.2 Å². The van der Waals surface area contributed by atoms with Gasteiger partial charge in [-0.25, -0.2) is 0 Å². The molecule has 0 saturated carbocycles. The summed E-state index contributed by atoms with van der Waals surface area (Å²) in [5.74, 6) is 0.699. The number of nitrogen functional groups attached to an aromatic ring is 1. The van der Waals surface area contributed by atoms with Crippen LogP contribution in [0.5, 0.6) is 0 Å². The van der Waals surface area contributed by atoms with Crippen LogP contribution in [-0.2, 0) is 0 Å². The van der Waals surface area contributed by atoms with Crippen molar-refractivity contribution < 1.29 is 0 Å². The normalized spacial score (nSPS) is 10.5. The minimum absolute atomic E-state index is 0.237. The topological polar surface area (TPSA) is 53.8 Å². The van der Waals surface area contributed by atoms with Gasteiger partial charge in [-0.15, -0.1) is 0 Å². The largest absolute Gasteiger partial charge is 0.383 e. The second kappa shape index (κ2) is 3.37. The first kappa shape index (κ1) is 8.55. The number of para-hydroxylation sites is 1. The number of hydrogen-bond acceptors (Lipinski definition) is 2. The van der Waals surface area contributed by atoms with Crippen molar-refractivity contribution in [3.63, 3.8) is 0 Å². The first-order valence-corrected chi connectivity index (χ1v) is 6.43. The maximum atomic E-state index is 5.81. The zero-order valence-electron chi connectivity index (χ0n) is 6.97. The molecule has 1 heterocycles. The van der Waals surface area contributed by atoms with E-state index in [0.29, 0.717) is 5.82 Å². The fourth-order valence-electron chi connectivity index (χ4n) is 1.33. The van der Waals surface area contributed by atoms with Crippen LogP contribution in [0.4, 0.5) is 11.5 Å². The summed E-state index contributed by atoms with van der Waals surface area (Å²) >= 11 is -0.237. The van der Waals surface area contributed by atoms with E-state index in [1.807, 2.05) is 24.3 Å². The van der Waals surface area contributed by atoms with Gasteiger partial charge in [0.1, 0.15) is 5.82 Å². The number of benzene rings is 1. The third-order valence-electron chi connectivity index (χ3n) is 1.90. The Hall–Kier alpha value is -1.04. The SMILES string of the molecule is C=INc1c(N)[nH]c2ccccc12. The van der Waals surface area contributed by atoms with Crippen molar-refractivity contribution >= 4 is 47.9 Å². The second-order valence-electron chi connectivity index (χ2n) is 2.69. The Labute approximate surface area is 86.4 Å². The Bertz CT molecular complexity index is 447. The number of rotatable bonds is 2. The molecular formula is C9H10IN3. The average molecular weight is 287 g/mol. The van der Waals surface area contributed by atoms with Gasteiger partial charge in [0.15, 0.2) is 0 Å². The molecule has 0 aliphatic heterocycles. The molecule has 0 unspecified atom stereocenters. The Morgan fingerprint density at radius 3 is 2.92 bits per heavy atom. The van der Waals surface area contributed by atoms with Crippen LogP contribution < -0.4 is 9.26 Å². The number of halogens is 1. The Morgan fingerprint density at radius 1 is 1.38 bits per heavy atom. The molecule has 0 amide bonds. The molecule has 0 radical (unpaired) electrons. The summed E-state index contributed by atoms with van der Waals surface area (Å²) < 4.78 is 7.08. The van der Waals surface area contributed by atoms with Crippen LogP contribution in [0.1, 0.15) is 0 Å². The molecule has 0 aliphatic rings. The van der Waals surface area contributed by atoms with Crippen LogP contribution in [0.3, 0.4) is 0 Å². The quantitative estimate of drug-likeness (QED) is 0.587. The number of anilines is 2. The van der Waals surface area contributed by atoms with E-state index in [1.54, 1.807) is 0 Å². The van der Waals surface area contributed by atoms with E-state index in [4.69, 9.17) is 5.73 Å². The molecule has 0 aliphatic carbocycles. The molecule has 2 rings (SSSR count). The highest BCUT2D eigenvalue weighted by atomic mass is 127. The fraction of sp³-hybridized carbons (Fsp3) is 0. The monoisotopic (exact) mass is 287 g/mol. The van der Waals surface area contributed by atoms with Gasteiger partial charge in [0.05, 0.1) is 5.69 Å². The summed E-state index contributed by atoms with van der Waals surface area (Å²) in [6.07, 6.45) is 0. The standard InChI is InChI=1S/C9H10IN3/c1-10-13-8-6-4-2-3-5-7(6)12-9(8)11/h2-5,12-13H,1,11H2. The van der Waals surface area contributed by atoms with Gasteiger partial charge in [-0.3, -0.25) is 0 Å². The molecule has 1 aromatic heterocycles. The van der Waals surface area contributed by atoms with Crippen molar-refractivity contribution in [2.24, 2.45) is 0 Å². The number of nitrogens with one attached hydrogen (secondary N) is 2. The first-order chi connectivity index (χ1) is 6.33. The predicted molar refractivity (Wildman–Crippen MR) is 67.5 cm³/mol. The van der Waals surface area contributed by atoms with E-state index < -0.39 is 0 Å². The molecule has 0 atom stereocenters. The number of aromatic amines is 1. The lowest BCUT2D eigenvalue weighted by molar-refractivity contribution is 1.47. The van der Waals surface area contributed by atoms with E-state index in [9.17, 15) is 0 Å². The van der Waals surface area contributed by atoms with E-state index >= 15 is 0 Å². The third-order valence-corrected chi connectivity index (χ3v) is 2.82. The summed E-state index contributed by atoms with van der Waals surface area (Å²) in [5, 5.41) is 1.14. The molecule has 1 aromatic carbocycles. The van der Waals surface area contributed by atoms with Crippen LogP contribution in [-0.4, -0.2) is 9.50 Å². The first-order valence-electron chi connectivity index (χ1n) is 3.82. The Morgan fingerprint density at radius 2 is 2.15 bits per heavy atom. The Kier molecular flexibility index (Phi) is 2.22. The fourth-order valence-corrected chi connectivity index (χ4v) is 2.29. The summed E-state index contributed by atoms with van der Waals surface area (Å²) in [6, 6.07) is 8.05. The molecule has 13 heavy (non-hydrogen) atoms. The predicted octanol–water partition coefficient (Wildman–Crippen LogP) is 2.48. The molecule has 0 bridgehead atoms. The summed E-state index contributed by atoms with van der Waals surface area (Å²) in [7, 11) is 0. The van der Waals surface area contributed by atoms with Gasteiger partial charge in [0.25, 0.3) is 0 Å². The second-order valence-corrected chi connectivity index (χ2v) is 3.99. The van der Waals surface area contributed by atoms with Crippen molar-refractivity contribution in [2.75, 3.05) is 9.26 Å². The third kappa shape index (κ3) is 1.41. The van der Waals surface area contributed by atoms with E-state index in [1.165, 1.54) is 0 Å². The van der Waals surface area contributed by atoms with Crippen molar-refractivity contribution in [1.29, 1.82) is 0 Å². The zero-order valence-corrected chi connectivity index (χ0v) is 9.13. The molecule has 0 fully saturated rings. The maximum absolute atomic E-state index is 5.81. The molecule has 0 saturated heterocycles. The van der Waals surface area contributed by atoms with Crippen molar-refractivity contribution in [2.45, 2.75) is 0 Å². The van der Waals surface area contributed by atoms with Gasteiger partial charge in [0, 0.05) is 10.9 Å². The number of aromatic nitrogens is 1. The minimum Gasteiger partial charge on any atom is -0.383 e. The molecule has 0 spiro atoms. The molecule has 4 N–H and O–H groups in total. The highest BCUT2D eigenvalue weighted by molar-refractivity contribution is 14.2. The molecule has 4 heteroatoms. The lowest BCUT2D eigenvalue weighted by Gasteiger charge is -1.97. The van der Waals surface area contributed by atoms with Crippen molar-refractivity contribution in [3.05, 3.63) is 24.3 Å². The Balaban J connectivity index is 2.70. The van der Waals surface area contributed by atoms with Crippen molar-refractivity contribution in [3.8, 4) is 0 Å². The van der Waals surface area contributed by atoms with E-state index in [-0.39, 0.29) is 21.0 Å². The number of H-pyrrole nitrogens is 1. The van der Waals surface area contributed by atoms with Gasteiger partial charge in [0.2, 0.25) is 0 Å². The number of nitrogens with two attached hydrogens (primary N) is 1. The lowest BCUT2D eigenvalue weighted by atomic mass is 10.2. The number of hydrogen-bond donors (Lipinski definition) is 3. The van der Waals surface area contributed by atoms with Gasteiger partial charge in [-0.2, -0.15) is 0 Å². The van der Waals surface area contributed by atoms with E-state index in [0.717, 1.165) is 16.6 Å². The summed E-state index contributed by atoms with van der Waals surface area (Å²) in [5.41, 5.74) is 7.88. The summed E-state index contributed by atoms with van der Waals surface area (Å²) in [4.78, 5) is 3.12. The molecule has 3 nitrogen and oxygen atoms in total. The van der Waals surface area contributed by atoms with Crippen LogP contribution in [0.2, 0.25) is 0 Å².